The second kappa shape index (κ2) is 17.1. The number of hydrogen-bond acceptors (Lipinski definition) is 13. The van der Waals surface area contributed by atoms with Crippen molar-refractivity contribution in [2.45, 2.75) is 82.5 Å². The van der Waals surface area contributed by atoms with Crippen LogP contribution in [0.1, 0.15) is 72.8 Å². The number of imide groups is 1. The first-order valence-corrected chi connectivity index (χ1v) is 21.4. The SMILES string of the molecule is Cc1[nH]nc(Nc2ncnc3cc(OCCN4CCN(CCOCCCc5cccc6c5CN(C5CCC(=O)NC5=O)C6=O)CC4)c(S(=O)(=O)C(C)(C)C)cc23)c1C. The van der Waals surface area contributed by atoms with E-state index in [1.807, 2.05) is 32.0 Å². The summed E-state index contributed by atoms with van der Waals surface area (Å²) in [6, 6.07) is 8.41. The van der Waals surface area contributed by atoms with Crippen molar-refractivity contribution in [2.75, 3.05) is 64.4 Å². The summed E-state index contributed by atoms with van der Waals surface area (Å²) in [4.78, 5) is 52.4. The molecule has 3 aliphatic heterocycles. The maximum atomic E-state index is 13.9. The highest BCUT2D eigenvalue weighted by Crippen LogP contribution is 2.37. The number of aryl methyl sites for hydroxylation is 2. The zero-order chi connectivity index (χ0) is 41.2. The third kappa shape index (κ3) is 8.72. The summed E-state index contributed by atoms with van der Waals surface area (Å²) in [6.07, 6.45) is 3.59. The molecule has 2 fully saturated rings. The van der Waals surface area contributed by atoms with Crippen LogP contribution in [0.15, 0.2) is 41.6 Å². The zero-order valence-corrected chi connectivity index (χ0v) is 34.7. The number of benzene rings is 2. The monoisotopic (exact) mass is 815 g/mol. The molecule has 0 aliphatic carbocycles. The van der Waals surface area contributed by atoms with Crippen molar-refractivity contribution in [2.24, 2.45) is 0 Å². The number of anilines is 2. The lowest BCUT2D eigenvalue weighted by Crippen LogP contribution is -2.52. The molecule has 7 rings (SSSR count). The van der Waals surface area contributed by atoms with Crippen LogP contribution in [0.5, 0.6) is 5.75 Å². The lowest BCUT2D eigenvalue weighted by molar-refractivity contribution is -0.136. The molecule has 0 spiro atoms. The summed E-state index contributed by atoms with van der Waals surface area (Å²) in [5.41, 5.74) is 5.09. The molecule has 3 N–H and O–H groups in total. The van der Waals surface area contributed by atoms with Gasteiger partial charge in [0.2, 0.25) is 11.8 Å². The number of amides is 3. The van der Waals surface area contributed by atoms with Crippen LogP contribution in [0.3, 0.4) is 0 Å². The van der Waals surface area contributed by atoms with E-state index in [9.17, 15) is 22.8 Å². The molecule has 0 bridgehead atoms. The Bertz CT molecular complexity index is 2300. The Hall–Kier alpha value is -4.97. The summed E-state index contributed by atoms with van der Waals surface area (Å²) < 4.78 is 38.9. The Kier molecular flexibility index (Phi) is 12.1. The standard InChI is InChI=1S/C41H53N9O7S/c1-26-27(2)46-47-37(26)45-38-30-22-35(58(54,55)41(3,4)5)34(23-32(30)42-25-43-38)57-21-18-49-15-13-48(14-16-49)17-20-56-19-7-9-28-8-6-10-29-31(28)24-50(40(29)53)33-11-12-36(51)44-39(33)52/h6,8,10,22-23,25,33H,7,9,11-21,24H2,1-5H3,(H,44,51,52)(H2,42,43,45,46,47). The van der Waals surface area contributed by atoms with Gasteiger partial charge in [-0.05, 0) is 77.1 Å². The highest BCUT2D eigenvalue weighted by atomic mass is 32.2. The van der Waals surface area contributed by atoms with Gasteiger partial charge in [-0.1, -0.05) is 12.1 Å². The normalized spacial score (nSPS) is 18.2. The molecule has 2 aromatic heterocycles. The van der Waals surface area contributed by atoms with E-state index in [0.717, 1.165) is 67.9 Å². The maximum absolute atomic E-state index is 13.9. The van der Waals surface area contributed by atoms with Crippen LogP contribution in [-0.4, -0.2) is 131 Å². The Labute approximate surface area is 339 Å². The number of aromatic amines is 1. The van der Waals surface area contributed by atoms with Gasteiger partial charge in [0.25, 0.3) is 5.91 Å². The topological polar surface area (TPSA) is 192 Å². The van der Waals surface area contributed by atoms with E-state index in [1.165, 1.54) is 6.33 Å². The number of fused-ring (bicyclic) bond motifs is 2. The van der Waals surface area contributed by atoms with Gasteiger partial charge in [0, 0.05) is 87.1 Å². The highest BCUT2D eigenvalue weighted by molar-refractivity contribution is 7.92. The molecule has 1 unspecified atom stereocenters. The van der Waals surface area contributed by atoms with E-state index in [-0.39, 0.29) is 28.9 Å². The molecule has 310 valence electrons. The average molecular weight is 816 g/mol. The van der Waals surface area contributed by atoms with Gasteiger partial charge in [-0.3, -0.25) is 34.6 Å². The van der Waals surface area contributed by atoms with Crippen LogP contribution in [0, 0.1) is 13.8 Å². The van der Waals surface area contributed by atoms with E-state index in [4.69, 9.17) is 9.47 Å². The van der Waals surface area contributed by atoms with Gasteiger partial charge in [0.1, 0.15) is 35.4 Å². The van der Waals surface area contributed by atoms with Crippen molar-refractivity contribution >= 4 is 50.1 Å². The van der Waals surface area contributed by atoms with E-state index < -0.39 is 26.5 Å². The minimum atomic E-state index is -3.79. The number of ether oxygens (including phenoxy) is 2. The Morgan fingerprint density at radius 2 is 1.69 bits per heavy atom. The van der Waals surface area contributed by atoms with Gasteiger partial charge < -0.3 is 19.7 Å². The highest BCUT2D eigenvalue weighted by Gasteiger charge is 2.40. The minimum absolute atomic E-state index is 0.101. The fourth-order valence-corrected chi connectivity index (χ4v) is 8.92. The number of nitrogens with zero attached hydrogens (tertiary/aromatic N) is 6. The van der Waals surface area contributed by atoms with E-state index >= 15 is 0 Å². The molecule has 58 heavy (non-hydrogen) atoms. The maximum Gasteiger partial charge on any atom is 0.255 e. The van der Waals surface area contributed by atoms with Gasteiger partial charge in [-0.25, -0.2) is 18.4 Å². The average Bonchev–Trinajstić information content (AvgIpc) is 3.69. The molecule has 3 aliphatic rings. The largest absolute Gasteiger partial charge is 0.491 e. The number of nitrogens with one attached hydrogen (secondary N) is 3. The molecular weight excluding hydrogens is 763 g/mol. The molecule has 2 saturated heterocycles. The van der Waals surface area contributed by atoms with Crippen LogP contribution in [-0.2, 0) is 37.1 Å². The summed E-state index contributed by atoms with van der Waals surface area (Å²) in [6.45, 7) is 15.8. The van der Waals surface area contributed by atoms with E-state index in [1.54, 1.807) is 37.8 Å². The molecule has 16 nitrogen and oxygen atoms in total. The fourth-order valence-electron chi connectivity index (χ4n) is 7.60. The number of piperazine rings is 1. The molecule has 2 aromatic carbocycles. The first-order valence-electron chi connectivity index (χ1n) is 19.9. The second-order valence-electron chi connectivity index (χ2n) is 16.2. The van der Waals surface area contributed by atoms with Crippen molar-refractivity contribution in [3.05, 3.63) is 64.6 Å². The first kappa shape index (κ1) is 41.2. The number of carbonyl (C=O) groups is 3. The van der Waals surface area contributed by atoms with Crippen LogP contribution in [0.2, 0.25) is 0 Å². The second-order valence-corrected chi connectivity index (χ2v) is 18.9. The molecule has 1 atom stereocenters. The Balaban J connectivity index is 0.862. The molecule has 0 saturated carbocycles. The molecule has 17 heteroatoms. The van der Waals surface area contributed by atoms with Crippen molar-refractivity contribution < 1.29 is 32.3 Å². The van der Waals surface area contributed by atoms with Gasteiger partial charge in [-0.15, -0.1) is 0 Å². The summed E-state index contributed by atoms with van der Waals surface area (Å²) in [5.74, 6) is 0.481. The summed E-state index contributed by atoms with van der Waals surface area (Å²) in [5, 5.41) is 13.4. The van der Waals surface area contributed by atoms with Crippen molar-refractivity contribution in [1.29, 1.82) is 0 Å². The Morgan fingerprint density at radius 3 is 2.38 bits per heavy atom. The number of rotatable bonds is 15. The van der Waals surface area contributed by atoms with Crippen LogP contribution < -0.4 is 15.4 Å². The lowest BCUT2D eigenvalue weighted by Gasteiger charge is -2.34. The van der Waals surface area contributed by atoms with Crippen molar-refractivity contribution in [1.82, 2.24) is 40.2 Å². The summed E-state index contributed by atoms with van der Waals surface area (Å²) >= 11 is 0. The van der Waals surface area contributed by atoms with Gasteiger partial charge >= 0.3 is 0 Å². The van der Waals surface area contributed by atoms with Crippen molar-refractivity contribution in [3.8, 4) is 5.75 Å². The molecule has 0 radical (unpaired) electrons. The van der Waals surface area contributed by atoms with Gasteiger partial charge in [0.05, 0.1) is 16.9 Å². The Morgan fingerprint density at radius 1 is 0.948 bits per heavy atom. The number of hydrogen-bond donors (Lipinski definition) is 3. The smallest absolute Gasteiger partial charge is 0.255 e. The quantitative estimate of drug-likeness (QED) is 0.116. The molecule has 3 amide bonds. The van der Waals surface area contributed by atoms with Crippen LogP contribution in [0.25, 0.3) is 10.9 Å². The first-order chi connectivity index (χ1) is 27.7. The predicted molar refractivity (Wildman–Crippen MR) is 218 cm³/mol. The zero-order valence-electron chi connectivity index (χ0n) is 33.9. The fraction of sp³-hybridized carbons (Fsp3) is 0.512. The third-order valence-corrected chi connectivity index (χ3v) is 13.9. The number of aromatic nitrogens is 4. The number of H-pyrrole nitrogens is 1. The number of carbonyl (C=O) groups excluding carboxylic acids is 3. The van der Waals surface area contributed by atoms with Crippen LogP contribution in [0.4, 0.5) is 11.6 Å². The lowest BCUT2D eigenvalue weighted by atomic mass is 10.00. The molecule has 4 aromatic rings. The number of piperidine rings is 1. The van der Waals surface area contributed by atoms with E-state index in [2.05, 4.69) is 40.6 Å². The van der Waals surface area contributed by atoms with Gasteiger partial charge in [0.15, 0.2) is 15.7 Å². The molecule has 5 heterocycles. The minimum Gasteiger partial charge on any atom is -0.491 e. The van der Waals surface area contributed by atoms with Crippen LogP contribution >= 0.6 is 0 Å². The third-order valence-electron chi connectivity index (χ3n) is 11.4. The summed E-state index contributed by atoms with van der Waals surface area (Å²) in [7, 11) is -3.79. The van der Waals surface area contributed by atoms with E-state index in [0.29, 0.717) is 67.4 Å². The molecular formula is C41H53N9O7S. The number of sulfone groups is 1. The van der Waals surface area contributed by atoms with Gasteiger partial charge in [-0.2, -0.15) is 5.10 Å². The van der Waals surface area contributed by atoms with Crippen molar-refractivity contribution in [3.63, 3.8) is 0 Å². The predicted octanol–water partition coefficient (Wildman–Crippen LogP) is 3.69.